The first-order chi connectivity index (χ1) is 9.02. The van der Waals surface area contributed by atoms with Crippen molar-refractivity contribution in [1.82, 2.24) is 4.90 Å². The summed E-state index contributed by atoms with van der Waals surface area (Å²) in [5, 5.41) is 0. The van der Waals surface area contributed by atoms with E-state index in [0.29, 0.717) is 5.92 Å². The lowest BCUT2D eigenvalue weighted by molar-refractivity contribution is 0.278. The Balaban J connectivity index is 2.39. The number of hydrogen-bond donors (Lipinski definition) is 1. The molecule has 1 unspecified atom stereocenters. The number of benzene rings is 1. The summed E-state index contributed by atoms with van der Waals surface area (Å²) in [6.45, 7) is 7.44. The molecule has 1 aromatic carbocycles. The Morgan fingerprint density at radius 1 is 1.26 bits per heavy atom. The summed E-state index contributed by atoms with van der Waals surface area (Å²) in [4.78, 5) is 2.38. The first-order valence-electron chi connectivity index (χ1n) is 7.15. The van der Waals surface area contributed by atoms with Crippen LogP contribution >= 0.6 is 15.9 Å². The molecule has 2 N–H and O–H groups in total. The molecule has 1 rings (SSSR count). The molecule has 108 valence electrons. The van der Waals surface area contributed by atoms with Crippen molar-refractivity contribution >= 4 is 15.9 Å². The molecule has 0 saturated heterocycles. The van der Waals surface area contributed by atoms with E-state index in [0.717, 1.165) is 25.6 Å². The molecule has 1 aromatic rings. The fourth-order valence-corrected chi connectivity index (χ4v) is 2.81. The lowest BCUT2D eigenvalue weighted by Gasteiger charge is -2.22. The van der Waals surface area contributed by atoms with Gasteiger partial charge in [-0.15, -0.1) is 0 Å². The second-order valence-electron chi connectivity index (χ2n) is 5.85. The summed E-state index contributed by atoms with van der Waals surface area (Å²) < 4.78 is 1.19. The Morgan fingerprint density at radius 2 is 1.95 bits per heavy atom. The van der Waals surface area contributed by atoms with E-state index in [1.807, 2.05) is 0 Å². The van der Waals surface area contributed by atoms with Crippen LogP contribution in [-0.4, -0.2) is 25.0 Å². The predicted molar refractivity (Wildman–Crippen MR) is 87.1 cm³/mol. The van der Waals surface area contributed by atoms with Gasteiger partial charge in [0.2, 0.25) is 0 Å². The molecule has 0 fully saturated rings. The Labute approximate surface area is 126 Å². The van der Waals surface area contributed by atoms with E-state index >= 15 is 0 Å². The largest absolute Gasteiger partial charge is 0.330 e. The zero-order valence-corrected chi connectivity index (χ0v) is 14.0. The lowest BCUT2D eigenvalue weighted by atomic mass is 9.94. The summed E-state index contributed by atoms with van der Waals surface area (Å²) in [6.07, 6.45) is 2.43. The topological polar surface area (TPSA) is 29.3 Å². The van der Waals surface area contributed by atoms with Crippen molar-refractivity contribution in [2.24, 2.45) is 17.6 Å². The minimum absolute atomic E-state index is 0.654. The highest BCUT2D eigenvalue weighted by Gasteiger charge is 2.11. The zero-order chi connectivity index (χ0) is 14.3. The van der Waals surface area contributed by atoms with Crippen LogP contribution in [-0.2, 0) is 6.54 Å². The standard InChI is InChI=1S/C16H27BrN2/c1-13(2)10-14(11-18)8-9-19(3)12-15-6-4-5-7-16(15)17/h4-7,13-14H,8-12,18H2,1-3H3. The summed E-state index contributed by atoms with van der Waals surface area (Å²) in [7, 11) is 2.18. The molecule has 0 aliphatic heterocycles. The monoisotopic (exact) mass is 326 g/mol. The number of nitrogens with two attached hydrogens (primary N) is 1. The summed E-state index contributed by atoms with van der Waals surface area (Å²) >= 11 is 3.60. The van der Waals surface area contributed by atoms with Gasteiger partial charge in [0.05, 0.1) is 0 Å². The van der Waals surface area contributed by atoms with Gasteiger partial charge in [0.15, 0.2) is 0 Å². The molecule has 19 heavy (non-hydrogen) atoms. The molecule has 2 nitrogen and oxygen atoms in total. The molecule has 0 saturated carbocycles. The molecule has 0 aliphatic carbocycles. The van der Waals surface area contributed by atoms with Crippen molar-refractivity contribution in [2.45, 2.75) is 33.2 Å². The van der Waals surface area contributed by atoms with Gasteiger partial charge in [-0.05, 0) is 56.4 Å². The van der Waals surface area contributed by atoms with Crippen molar-refractivity contribution < 1.29 is 0 Å². The van der Waals surface area contributed by atoms with Crippen molar-refractivity contribution in [3.8, 4) is 0 Å². The molecule has 0 radical (unpaired) electrons. The van der Waals surface area contributed by atoms with E-state index in [9.17, 15) is 0 Å². The van der Waals surface area contributed by atoms with Gasteiger partial charge in [0, 0.05) is 11.0 Å². The molecular weight excluding hydrogens is 300 g/mol. The van der Waals surface area contributed by atoms with Crippen LogP contribution in [0.3, 0.4) is 0 Å². The number of halogens is 1. The predicted octanol–water partition coefficient (Wildman–Crippen LogP) is 3.89. The van der Waals surface area contributed by atoms with E-state index in [2.05, 4.69) is 66.0 Å². The molecular formula is C16H27BrN2. The van der Waals surface area contributed by atoms with Crippen molar-refractivity contribution in [1.29, 1.82) is 0 Å². The van der Waals surface area contributed by atoms with E-state index in [1.165, 1.54) is 22.9 Å². The number of nitrogens with zero attached hydrogens (tertiary/aromatic N) is 1. The average Bonchev–Trinajstić information content (AvgIpc) is 2.37. The quantitative estimate of drug-likeness (QED) is 0.785. The smallest absolute Gasteiger partial charge is 0.0241 e. The van der Waals surface area contributed by atoms with Crippen LogP contribution in [0.4, 0.5) is 0 Å². The second kappa shape index (κ2) is 8.72. The number of hydrogen-bond acceptors (Lipinski definition) is 2. The normalized spacial score (nSPS) is 13.2. The fourth-order valence-electron chi connectivity index (χ4n) is 2.40. The molecule has 0 bridgehead atoms. The third kappa shape index (κ3) is 6.55. The molecule has 3 heteroatoms. The van der Waals surface area contributed by atoms with Crippen LogP contribution in [0.25, 0.3) is 0 Å². The van der Waals surface area contributed by atoms with Gasteiger partial charge in [0.25, 0.3) is 0 Å². The Hall–Kier alpha value is -0.380. The molecule has 0 aliphatic rings. The van der Waals surface area contributed by atoms with Gasteiger partial charge >= 0.3 is 0 Å². The molecule has 0 spiro atoms. The third-order valence-corrected chi connectivity index (χ3v) is 4.23. The molecule has 0 heterocycles. The zero-order valence-electron chi connectivity index (χ0n) is 12.4. The number of rotatable bonds is 8. The molecule has 0 amide bonds. The Bertz CT molecular complexity index is 366. The van der Waals surface area contributed by atoms with Gasteiger partial charge in [0.1, 0.15) is 0 Å². The highest BCUT2D eigenvalue weighted by molar-refractivity contribution is 9.10. The maximum Gasteiger partial charge on any atom is 0.0241 e. The minimum atomic E-state index is 0.654. The first-order valence-corrected chi connectivity index (χ1v) is 7.94. The van der Waals surface area contributed by atoms with Gasteiger partial charge in [-0.25, -0.2) is 0 Å². The average molecular weight is 327 g/mol. The van der Waals surface area contributed by atoms with Crippen LogP contribution in [0.15, 0.2) is 28.7 Å². The van der Waals surface area contributed by atoms with Crippen molar-refractivity contribution in [2.75, 3.05) is 20.1 Å². The maximum atomic E-state index is 5.86. The third-order valence-electron chi connectivity index (χ3n) is 3.46. The lowest BCUT2D eigenvalue weighted by Crippen LogP contribution is -2.25. The van der Waals surface area contributed by atoms with Gasteiger partial charge < -0.3 is 10.6 Å². The van der Waals surface area contributed by atoms with Gasteiger partial charge in [-0.1, -0.05) is 48.0 Å². The van der Waals surface area contributed by atoms with E-state index in [-0.39, 0.29) is 0 Å². The summed E-state index contributed by atoms with van der Waals surface area (Å²) in [5.41, 5.74) is 7.20. The molecule has 0 aromatic heterocycles. The molecule has 1 atom stereocenters. The van der Waals surface area contributed by atoms with E-state index in [4.69, 9.17) is 5.73 Å². The van der Waals surface area contributed by atoms with Crippen LogP contribution in [0.2, 0.25) is 0 Å². The van der Waals surface area contributed by atoms with Crippen LogP contribution < -0.4 is 5.73 Å². The second-order valence-corrected chi connectivity index (χ2v) is 6.70. The Morgan fingerprint density at radius 3 is 2.53 bits per heavy atom. The Kier molecular flexibility index (Phi) is 7.66. The highest BCUT2D eigenvalue weighted by atomic mass is 79.9. The fraction of sp³-hybridized carbons (Fsp3) is 0.625. The van der Waals surface area contributed by atoms with Crippen LogP contribution in [0.1, 0.15) is 32.3 Å². The summed E-state index contributed by atoms with van der Waals surface area (Å²) in [5.74, 6) is 1.39. The van der Waals surface area contributed by atoms with Crippen molar-refractivity contribution in [3.05, 3.63) is 34.3 Å². The van der Waals surface area contributed by atoms with Crippen LogP contribution in [0, 0.1) is 11.8 Å². The van der Waals surface area contributed by atoms with Gasteiger partial charge in [-0.3, -0.25) is 0 Å². The highest BCUT2D eigenvalue weighted by Crippen LogP contribution is 2.19. The van der Waals surface area contributed by atoms with Gasteiger partial charge in [-0.2, -0.15) is 0 Å². The van der Waals surface area contributed by atoms with E-state index in [1.54, 1.807) is 0 Å². The van der Waals surface area contributed by atoms with Crippen molar-refractivity contribution in [3.63, 3.8) is 0 Å². The van der Waals surface area contributed by atoms with E-state index < -0.39 is 0 Å². The van der Waals surface area contributed by atoms with Crippen LogP contribution in [0.5, 0.6) is 0 Å². The first kappa shape index (κ1) is 16.7. The minimum Gasteiger partial charge on any atom is -0.330 e. The SMILES string of the molecule is CC(C)CC(CN)CCN(C)Cc1ccccc1Br. The summed E-state index contributed by atoms with van der Waals surface area (Å²) in [6, 6.07) is 8.43. The maximum absolute atomic E-state index is 5.86.